The third-order valence-electron chi connectivity index (χ3n) is 5.25. The van der Waals surface area contributed by atoms with E-state index in [-0.39, 0.29) is 17.7 Å². The van der Waals surface area contributed by atoms with Gasteiger partial charge in [0.2, 0.25) is 5.91 Å². The van der Waals surface area contributed by atoms with E-state index in [0.29, 0.717) is 18.9 Å². The minimum atomic E-state index is -1.02. The number of Topliss-reactive ketones (excluding diaryl/α,β-unsaturated/α-hetero) is 1. The second-order valence-corrected chi connectivity index (χ2v) is 8.24. The highest BCUT2D eigenvalue weighted by Gasteiger charge is 2.35. The largest absolute Gasteiger partial charge is 0.493 e. The first-order chi connectivity index (χ1) is 14.2. The van der Waals surface area contributed by atoms with Crippen molar-refractivity contribution in [3.8, 4) is 11.5 Å². The molecular formula is C24H39NO5. The fourth-order valence-electron chi connectivity index (χ4n) is 3.58. The van der Waals surface area contributed by atoms with Crippen molar-refractivity contribution in [2.45, 2.75) is 78.4 Å². The molecule has 0 radical (unpaired) electrons. The van der Waals surface area contributed by atoms with E-state index in [2.05, 4.69) is 19.1 Å². The molecule has 2 rings (SSSR count). The van der Waals surface area contributed by atoms with Crippen LogP contribution in [-0.4, -0.2) is 54.6 Å². The first kappa shape index (κ1) is 26.0. The van der Waals surface area contributed by atoms with E-state index in [0.717, 1.165) is 30.8 Å². The Morgan fingerprint density at radius 1 is 1.20 bits per heavy atom. The van der Waals surface area contributed by atoms with Gasteiger partial charge in [0.1, 0.15) is 6.10 Å². The van der Waals surface area contributed by atoms with Crippen molar-refractivity contribution >= 4 is 11.7 Å². The number of aryl methyl sites for hydroxylation is 1. The maximum atomic E-state index is 11.9. The Balaban J connectivity index is 0.000000303. The van der Waals surface area contributed by atoms with Crippen LogP contribution >= 0.6 is 0 Å². The molecule has 0 saturated carbocycles. The molecule has 30 heavy (non-hydrogen) atoms. The third-order valence-corrected chi connectivity index (χ3v) is 5.25. The number of aliphatic hydroxyl groups excluding tert-OH is 1. The Labute approximate surface area is 181 Å². The van der Waals surface area contributed by atoms with Gasteiger partial charge >= 0.3 is 0 Å². The molecule has 0 aromatic heterocycles. The molecule has 1 aromatic carbocycles. The van der Waals surface area contributed by atoms with Gasteiger partial charge in [-0.3, -0.25) is 9.59 Å². The van der Waals surface area contributed by atoms with E-state index in [9.17, 15) is 14.7 Å². The van der Waals surface area contributed by atoms with Gasteiger partial charge in [-0.2, -0.15) is 0 Å². The average Bonchev–Trinajstić information content (AvgIpc) is 3.21. The molecule has 0 spiro atoms. The van der Waals surface area contributed by atoms with Crippen molar-refractivity contribution in [3.05, 3.63) is 23.8 Å². The lowest BCUT2D eigenvalue weighted by Gasteiger charge is -2.28. The first-order valence-electron chi connectivity index (χ1n) is 10.9. The number of unbranched alkanes of at least 4 members (excludes halogenated alkanes) is 1. The van der Waals surface area contributed by atoms with Crippen LogP contribution in [0.4, 0.5) is 0 Å². The van der Waals surface area contributed by atoms with Crippen LogP contribution in [0.25, 0.3) is 0 Å². The van der Waals surface area contributed by atoms with Gasteiger partial charge in [0.25, 0.3) is 0 Å². The van der Waals surface area contributed by atoms with Gasteiger partial charge in [-0.1, -0.05) is 33.3 Å². The smallest absolute Gasteiger partial charge is 0.223 e. The fraction of sp³-hybridized carbons (Fsp3) is 0.667. The summed E-state index contributed by atoms with van der Waals surface area (Å²) < 4.78 is 10.4. The Morgan fingerprint density at radius 2 is 1.87 bits per heavy atom. The standard InChI is InChI=1S/C12H21NO3.C12H18O2/c1-8(2)7-11(15)13-6-4-5-10(13)12(16)9(3)14;1-4-5-6-10-7-8-11(13-2)12(9-10)14-3/h8,10,12,16H,4-7H2,1-3H3;7-9H,4-6H2,1-3H3. The van der Waals surface area contributed by atoms with Crippen LogP contribution in [0.1, 0.15) is 65.4 Å². The van der Waals surface area contributed by atoms with Gasteiger partial charge in [-0.15, -0.1) is 0 Å². The minimum absolute atomic E-state index is 0.0535. The Morgan fingerprint density at radius 3 is 2.40 bits per heavy atom. The quantitative estimate of drug-likeness (QED) is 0.652. The van der Waals surface area contributed by atoms with Crippen LogP contribution < -0.4 is 9.47 Å². The number of carbonyl (C=O) groups is 2. The van der Waals surface area contributed by atoms with Crippen molar-refractivity contribution in [1.29, 1.82) is 0 Å². The number of methoxy groups -OCH3 is 2. The van der Waals surface area contributed by atoms with Crippen LogP contribution in [0.2, 0.25) is 0 Å². The predicted molar refractivity (Wildman–Crippen MR) is 119 cm³/mol. The molecule has 0 bridgehead atoms. The zero-order valence-corrected chi connectivity index (χ0v) is 19.4. The van der Waals surface area contributed by atoms with Crippen LogP contribution in [0, 0.1) is 5.92 Å². The minimum Gasteiger partial charge on any atom is -0.493 e. The maximum absolute atomic E-state index is 11.9. The molecule has 2 unspecified atom stereocenters. The Bertz CT molecular complexity index is 674. The zero-order chi connectivity index (χ0) is 22.7. The van der Waals surface area contributed by atoms with Crippen molar-refractivity contribution in [2.24, 2.45) is 5.92 Å². The van der Waals surface area contributed by atoms with Crippen molar-refractivity contribution in [3.63, 3.8) is 0 Å². The molecule has 1 heterocycles. The first-order valence-corrected chi connectivity index (χ1v) is 10.9. The lowest BCUT2D eigenvalue weighted by Crippen LogP contribution is -2.45. The molecule has 1 N–H and O–H groups in total. The summed E-state index contributed by atoms with van der Waals surface area (Å²) in [4.78, 5) is 24.7. The number of aliphatic hydroxyl groups is 1. The summed E-state index contributed by atoms with van der Waals surface area (Å²) in [5.41, 5.74) is 1.31. The Kier molecular flexibility index (Phi) is 11.5. The lowest BCUT2D eigenvalue weighted by atomic mass is 10.0. The van der Waals surface area contributed by atoms with Gasteiger partial charge in [-0.05, 0) is 56.2 Å². The Hall–Kier alpha value is -2.08. The van der Waals surface area contributed by atoms with Gasteiger partial charge < -0.3 is 19.5 Å². The number of ether oxygens (including phenoxy) is 2. The summed E-state index contributed by atoms with van der Waals surface area (Å²) in [7, 11) is 3.32. The summed E-state index contributed by atoms with van der Waals surface area (Å²) in [6.07, 6.45) is 4.62. The molecule has 1 amide bonds. The number of amides is 1. The highest BCUT2D eigenvalue weighted by molar-refractivity contribution is 5.83. The number of benzene rings is 1. The number of carbonyl (C=O) groups excluding carboxylic acids is 2. The fourth-order valence-corrected chi connectivity index (χ4v) is 3.58. The van der Waals surface area contributed by atoms with E-state index >= 15 is 0 Å². The molecule has 1 fully saturated rings. The molecule has 6 nitrogen and oxygen atoms in total. The highest BCUT2D eigenvalue weighted by Crippen LogP contribution is 2.28. The van der Waals surface area contributed by atoms with Crippen molar-refractivity contribution in [2.75, 3.05) is 20.8 Å². The molecule has 1 aromatic rings. The topological polar surface area (TPSA) is 76.1 Å². The molecule has 0 aliphatic carbocycles. The summed E-state index contributed by atoms with van der Waals surface area (Å²) in [6.45, 7) is 8.21. The number of ketones is 1. The molecule has 170 valence electrons. The van der Waals surface area contributed by atoms with E-state index in [1.54, 1.807) is 19.1 Å². The van der Waals surface area contributed by atoms with Crippen LogP contribution in [0.3, 0.4) is 0 Å². The third kappa shape index (κ3) is 7.98. The van der Waals surface area contributed by atoms with Crippen LogP contribution in [0.5, 0.6) is 11.5 Å². The molecule has 1 aliphatic rings. The molecule has 1 aliphatic heterocycles. The van der Waals surface area contributed by atoms with Gasteiger partial charge in [0.05, 0.1) is 20.3 Å². The number of rotatable bonds is 9. The molecule has 2 atom stereocenters. The number of nitrogens with zero attached hydrogens (tertiary/aromatic N) is 1. The van der Waals surface area contributed by atoms with Crippen molar-refractivity contribution < 1.29 is 24.2 Å². The molecule has 1 saturated heterocycles. The van der Waals surface area contributed by atoms with E-state index in [1.165, 1.54) is 25.3 Å². The molecular weight excluding hydrogens is 382 g/mol. The number of hydrogen-bond acceptors (Lipinski definition) is 5. The van der Waals surface area contributed by atoms with Gasteiger partial charge in [0.15, 0.2) is 17.3 Å². The second kappa shape index (κ2) is 13.3. The second-order valence-electron chi connectivity index (χ2n) is 8.24. The monoisotopic (exact) mass is 421 g/mol. The van der Waals surface area contributed by atoms with E-state index in [1.807, 2.05) is 19.9 Å². The normalized spacial score (nSPS) is 16.7. The summed E-state index contributed by atoms with van der Waals surface area (Å²) >= 11 is 0. The summed E-state index contributed by atoms with van der Waals surface area (Å²) in [5.74, 6) is 1.73. The van der Waals surface area contributed by atoms with Gasteiger partial charge in [0, 0.05) is 13.0 Å². The average molecular weight is 422 g/mol. The number of hydrogen-bond donors (Lipinski definition) is 1. The maximum Gasteiger partial charge on any atom is 0.223 e. The lowest BCUT2D eigenvalue weighted by molar-refractivity contribution is -0.138. The van der Waals surface area contributed by atoms with E-state index in [4.69, 9.17) is 9.47 Å². The summed E-state index contributed by atoms with van der Waals surface area (Å²) in [6, 6.07) is 5.80. The summed E-state index contributed by atoms with van der Waals surface area (Å²) in [5, 5.41) is 9.74. The van der Waals surface area contributed by atoms with Crippen molar-refractivity contribution in [1.82, 2.24) is 4.90 Å². The van der Waals surface area contributed by atoms with E-state index < -0.39 is 6.10 Å². The van der Waals surface area contributed by atoms with Crippen LogP contribution in [0.15, 0.2) is 18.2 Å². The van der Waals surface area contributed by atoms with Gasteiger partial charge in [-0.25, -0.2) is 0 Å². The highest BCUT2D eigenvalue weighted by atomic mass is 16.5. The molecule has 6 heteroatoms. The predicted octanol–water partition coefficient (Wildman–Crippen LogP) is 4.02. The zero-order valence-electron chi connectivity index (χ0n) is 19.4. The SMILES string of the molecule is CC(=O)C(O)C1CCCN1C(=O)CC(C)C.CCCCc1ccc(OC)c(OC)c1. The number of likely N-dealkylation sites (tertiary alicyclic amines) is 1. The van der Waals surface area contributed by atoms with Crippen LogP contribution in [-0.2, 0) is 16.0 Å².